The number of pyridine rings is 1. The third-order valence-corrected chi connectivity index (χ3v) is 1.43. The quantitative estimate of drug-likeness (QED) is 0.720. The predicted octanol–water partition coefficient (Wildman–Crippen LogP) is 0.761. The Hall–Kier alpha value is -1.78. The zero-order valence-corrected chi connectivity index (χ0v) is 7.15. The number of carbonyl (C=O) groups is 1. The molecule has 3 N–H and O–H groups in total. The van der Waals surface area contributed by atoms with Crippen LogP contribution >= 0.6 is 0 Å². The number of hydrogen-bond donors (Lipinski definition) is 2. The maximum absolute atomic E-state index is 10.6. The number of anilines is 1. The number of ether oxygens (including phenoxy) is 1. The van der Waals surface area contributed by atoms with Crippen LogP contribution < -0.4 is 10.5 Å². The van der Waals surface area contributed by atoms with Gasteiger partial charge in [0.2, 0.25) is 5.88 Å². The van der Waals surface area contributed by atoms with Crippen LogP contribution in [0.25, 0.3) is 0 Å². The van der Waals surface area contributed by atoms with Gasteiger partial charge in [-0.1, -0.05) is 0 Å². The third kappa shape index (κ3) is 2.08. The summed E-state index contributed by atoms with van der Waals surface area (Å²) in [7, 11) is 0. The van der Waals surface area contributed by atoms with Crippen molar-refractivity contribution in [1.29, 1.82) is 0 Å². The van der Waals surface area contributed by atoms with E-state index in [-0.39, 0.29) is 17.1 Å². The minimum absolute atomic E-state index is 0.0125. The zero-order chi connectivity index (χ0) is 9.84. The average Bonchev–Trinajstić information content (AvgIpc) is 2.08. The van der Waals surface area contributed by atoms with Crippen LogP contribution in [0, 0.1) is 0 Å². The van der Waals surface area contributed by atoms with Gasteiger partial charge in [-0.2, -0.15) is 0 Å². The zero-order valence-electron chi connectivity index (χ0n) is 7.15. The number of aromatic carboxylic acids is 1. The summed E-state index contributed by atoms with van der Waals surface area (Å²) in [5.41, 5.74) is 5.54. The van der Waals surface area contributed by atoms with Gasteiger partial charge < -0.3 is 15.6 Å². The second-order valence-corrected chi connectivity index (χ2v) is 2.35. The molecule has 0 amide bonds. The Morgan fingerprint density at radius 2 is 2.46 bits per heavy atom. The molecule has 1 aromatic heterocycles. The number of carboxylic acid groups (broad SMARTS) is 1. The van der Waals surface area contributed by atoms with Crippen LogP contribution in [0.15, 0.2) is 12.3 Å². The van der Waals surface area contributed by atoms with E-state index in [1.54, 1.807) is 6.92 Å². The van der Waals surface area contributed by atoms with E-state index >= 15 is 0 Å². The van der Waals surface area contributed by atoms with Crippen molar-refractivity contribution in [1.82, 2.24) is 4.98 Å². The number of nitrogen functional groups attached to an aromatic ring is 1. The predicted molar refractivity (Wildman–Crippen MR) is 46.8 cm³/mol. The van der Waals surface area contributed by atoms with Gasteiger partial charge in [0.25, 0.3) is 0 Å². The Morgan fingerprint density at radius 1 is 1.77 bits per heavy atom. The molecule has 70 valence electrons. The highest BCUT2D eigenvalue weighted by atomic mass is 16.5. The molecule has 1 heterocycles. The van der Waals surface area contributed by atoms with Crippen molar-refractivity contribution in [3.63, 3.8) is 0 Å². The Labute approximate surface area is 75.2 Å². The first kappa shape index (κ1) is 9.31. The maximum atomic E-state index is 10.6. The van der Waals surface area contributed by atoms with Gasteiger partial charge in [0, 0.05) is 6.07 Å². The van der Waals surface area contributed by atoms with Crippen molar-refractivity contribution < 1.29 is 14.6 Å². The van der Waals surface area contributed by atoms with E-state index in [4.69, 9.17) is 15.6 Å². The van der Waals surface area contributed by atoms with Crippen molar-refractivity contribution in [2.75, 3.05) is 12.3 Å². The molecular weight excluding hydrogens is 172 g/mol. The Morgan fingerprint density at radius 3 is 3.00 bits per heavy atom. The first-order valence-corrected chi connectivity index (χ1v) is 3.76. The fourth-order valence-electron chi connectivity index (χ4n) is 0.859. The highest BCUT2D eigenvalue weighted by Crippen LogP contribution is 2.15. The minimum Gasteiger partial charge on any atom is -0.478 e. The van der Waals surface area contributed by atoms with E-state index in [1.165, 1.54) is 12.3 Å². The first-order valence-electron chi connectivity index (χ1n) is 3.76. The summed E-state index contributed by atoms with van der Waals surface area (Å²) < 4.78 is 5.02. The van der Waals surface area contributed by atoms with Crippen LogP contribution in [-0.4, -0.2) is 22.7 Å². The highest BCUT2D eigenvalue weighted by Gasteiger charge is 2.09. The summed E-state index contributed by atoms with van der Waals surface area (Å²) in [6.45, 7) is 2.23. The van der Waals surface area contributed by atoms with Gasteiger partial charge in [-0.25, -0.2) is 9.78 Å². The topological polar surface area (TPSA) is 85.4 Å². The van der Waals surface area contributed by atoms with Crippen LogP contribution in [0.5, 0.6) is 5.88 Å². The molecule has 13 heavy (non-hydrogen) atoms. The maximum Gasteiger partial charge on any atom is 0.338 e. The van der Waals surface area contributed by atoms with Crippen molar-refractivity contribution in [2.45, 2.75) is 6.92 Å². The lowest BCUT2D eigenvalue weighted by molar-refractivity contribution is 0.0697. The molecule has 1 rings (SSSR count). The van der Waals surface area contributed by atoms with Crippen molar-refractivity contribution in [3.05, 3.63) is 17.8 Å². The van der Waals surface area contributed by atoms with Crippen molar-refractivity contribution in [2.24, 2.45) is 0 Å². The lowest BCUT2D eigenvalue weighted by Crippen LogP contribution is -2.04. The highest BCUT2D eigenvalue weighted by molar-refractivity contribution is 5.93. The molecule has 5 nitrogen and oxygen atoms in total. The minimum atomic E-state index is -1.08. The van der Waals surface area contributed by atoms with Crippen LogP contribution in [0.4, 0.5) is 5.69 Å². The Balaban J connectivity index is 3.04. The van der Waals surface area contributed by atoms with Crippen molar-refractivity contribution in [3.8, 4) is 5.88 Å². The van der Waals surface area contributed by atoms with E-state index in [1.807, 2.05) is 0 Å². The van der Waals surface area contributed by atoms with Gasteiger partial charge in [0.1, 0.15) is 0 Å². The Bertz CT molecular complexity index is 325. The third-order valence-electron chi connectivity index (χ3n) is 1.43. The molecule has 0 atom stereocenters. The van der Waals surface area contributed by atoms with E-state index in [0.717, 1.165) is 0 Å². The SMILES string of the molecule is CCOc1cc(C(=O)O)c(N)cn1. The molecule has 0 unspecified atom stereocenters. The van der Waals surface area contributed by atoms with Gasteiger partial charge in [0.15, 0.2) is 0 Å². The summed E-state index contributed by atoms with van der Waals surface area (Å²) in [6, 6.07) is 1.31. The fraction of sp³-hybridized carbons (Fsp3) is 0.250. The molecule has 0 aliphatic carbocycles. The molecule has 0 saturated heterocycles. The molecule has 0 aromatic carbocycles. The van der Waals surface area contributed by atoms with Gasteiger partial charge >= 0.3 is 5.97 Å². The average molecular weight is 182 g/mol. The molecule has 0 aliphatic rings. The normalized spacial score (nSPS) is 9.62. The summed E-state index contributed by atoms with van der Waals surface area (Å²) in [6.07, 6.45) is 1.27. The monoisotopic (exact) mass is 182 g/mol. The molecule has 0 bridgehead atoms. The molecular formula is C8H10N2O3. The largest absolute Gasteiger partial charge is 0.478 e. The molecule has 1 aromatic rings. The lowest BCUT2D eigenvalue weighted by atomic mass is 10.2. The van der Waals surface area contributed by atoms with E-state index in [9.17, 15) is 4.79 Å². The lowest BCUT2D eigenvalue weighted by Gasteiger charge is -2.04. The number of nitrogens with two attached hydrogens (primary N) is 1. The smallest absolute Gasteiger partial charge is 0.338 e. The summed E-state index contributed by atoms with van der Waals surface area (Å²) in [5.74, 6) is -0.810. The van der Waals surface area contributed by atoms with Crippen LogP contribution in [0.3, 0.4) is 0 Å². The number of carboxylic acids is 1. The Kier molecular flexibility index (Phi) is 2.69. The van der Waals surface area contributed by atoms with Gasteiger partial charge in [-0.05, 0) is 6.92 Å². The van der Waals surface area contributed by atoms with E-state index in [0.29, 0.717) is 6.61 Å². The first-order chi connectivity index (χ1) is 6.15. The molecule has 0 aliphatic heterocycles. The number of hydrogen-bond acceptors (Lipinski definition) is 4. The summed E-state index contributed by atoms with van der Waals surface area (Å²) in [5, 5.41) is 8.69. The molecule has 5 heteroatoms. The molecule has 0 fully saturated rings. The molecule has 0 spiro atoms. The van der Waals surface area contributed by atoms with Crippen LogP contribution in [-0.2, 0) is 0 Å². The van der Waals surface area contributed by atoms with E-state index in [2.05, 4.69) is 4.98 Å². The van der Waals surface area contributed by atoms with E-state index < -0.39 is 5.97 Å². The number of aromatic nitrogens is 1. The summed E-state index contributed by atoms with van der Waals surface area (Å²) >= 11 is 0. The molecule has 0 saturated carbocycles. The summed E-state index contributed by atoms with van der Waals surface area (Å²) in [4.78, 5) is 14.4. The van der Waals surface area contributed by atoms with Gasteiger partial charge in [-0.15, -0.1) is 0 Å². The fourth-order valence-corrected chi connectivity index (χ4v) is 0.859. The van der Waals surface area contributed by atoms with Crippen molar-refractivity contribution >= 4 is 11.7 Å². The second-order valence-electron chi connectivity index (χ2n) is 2.35. The van der Waals surface area contributed by atoms with Gasteiger partial charge in [0.05, 0.1) is 24.1 Å². The van der Waals surface area contributed by atoms with Crippen LogP contribution in [0.1, 0.15) is 17.3 Å². The second kappa shape index (κ2) is 3.75. The number of nitrogens with zero attached hydrogens (tertiary/aromatic N) is 1. The molecule has 0 radical (unpaired) electrons. The standard InChI is InChI=1S/C8H10N2O3/c1-2-13-7-3-5(8(11)12)6(9)4-10-7/h3-4H,2,9H2,1H3,(H,11,12). The van der Waals surface area contributed by atoms with Gasteiger partial charge in [-0.3, -0.25) is 0 Å². The number of rotatable bonds is 3. The van der Waals surface area contributed by atoms with Crippen LogP contribution in [0.2, 0.25) is 0 Å².